The van der Waals surface area contributed by atoms with Crippen molar-refractivity contribution in [3.05, 3.63) is 57.5 Å². The van der Waals surface area contributed by atoms with E-state index in [1.807, 2.05) is 42.5 Å². The van der Waals surface area contributed by atoms with Crippen molar-refractivity contribution in [3.63, 3.8) is 0 Å². The van der Waals surface area contributed by atoms with E-state index in [0.717, 1.165) is 21.5 Å². The van der Waals surface area contributed by atoms with Crippen molar-refractivity contribution in [1.29, 1.82) is 0 Å². The minimum Gasteiger partial charge on any atom is -0.460 e. The first kappa shape index (κ1) is 13.2. The van der Waals surface area contributed by atoms with Crippen molar-refractivity contribution < 1.29 is 9.53 Å². The van der Waals surface area contributed by atoms with Crippen molar-refractivity contribution in [3.8, 4) is 5.75 Å². The molecule has 106 valence electrons. The van der Waals surface area contributed by atoms with Crippen LogP contribution in [0.2, 0.25) is 5.02 Å². The lowest BCUT2D eigenvalue weighted by atomic mass is 10.0. The highest BCUT2D eigenvalue weighted by molar-refractivity contribution is 9.10. The molecule has 0 bridgehead atoms. The monoisotopic (exact) mass is 363 g/mol. The second-order valence-electron chi connectivity index (χ2n) is 5.21. The number of carbonyl (C=O) groups excluding carboxylic acids is 1. The van der Waals surface area contributed by atoms with Gasteiger partial charge in [0.25, 0.3) is 0 Å². The largest absolute Gasteiger partial charge is 0.460 e. The summed E-state index contributed by atoms with van der Waals surface area (Å²) in [5.41, 5.74) is 1.02. The summed E-state index contributed by atoms with van der Waals surface area (Å²) in [5.74, 6) is 0.808. The number of fused-ring (bicyclic) bond motifs is 3. The Morgan fingerprint density at radius 1 is 1.19 bits per heavy atom. The van der Waals surface area contributed by atoms with Crippen LogP contribution < -0.4 is 9.64 Å². The van der Waals surface area contributed by atoms with Gasteiger partial charge in [-0.2, -0.15) is 0 Å². The molecule has 1 unspecified atom stereocenters. The molecule has 5 heteroatoms. The number of amides is 1. The third kappa shape index (κ3) is 1.75. The molecule has 1 saturated heterocycles. The van der Waals surface area contributed by atoms with Crippen molar-refractivity contribution >= 4 is 39.1 Å². The van der Waals surface area contributed by atoms with Crippen LogP contribution in [0.5, 0.6) is 5.75 Å². The van der Waals surface area contributed by atoms with Gasteiger partial charge in [-0.15, -0.1) is 0 Å². The first-order valence-corrected chi connectivity index (χ1v) is 7.85. The van der Waals surface area contributed by atoms with Crippen LogP contribution >= 0.6 is 27.5 Å². The highest BCUT2D eigenvalue weighted by atomic mass is 79.9. The summed E-state index contributed by atoms with van der Waals surface area (Å²) < 4.78 is 7.12. The third-order valence-corrected chi connectivity index (χ3v) is 4.92. The summed E-state index contributed by atoms with van der Waals surface area (Å²) in [4.78, 5) is 14.2. The van der Waals surface area contributed by atoms with Crippen molar-refractivity contribution in [2.75, 3.05) is 4.90 Å². The lowest BCUT2D eigenvalue weighted by Crippen LogP contribution is -2.43. The molecule has 2 aromatic rings. The van der Waals surface area contributed by atoms with Crippen molar-refractivity contribution in [1.82, 2.24) is 0 Å². The molecule has 0 N–H and O–H groups in total. The van der Waals surface area contributed by atoms with Crippen LogP contribution in [-0.4, -0.2) is 5.91 Å². The maximum Gasteiger partial charge on any atom is 0.230 e. The molecule has 1 amide bonds. The average Bonchev–Trinajstić information content (AvgIpc) is 2.98. The number of benzene rings is 2. The molecule has 0 spiro atoms. The van der Waals surface area contributed by atoms with Gasteiger partial charge in [0.15, 0.2) is 5.75 Å². The van der Waals surface area contributed by atoms with Crippen LogP contribution in [0.1, 0.15) is 18.4 Å². The highest BCUT2D eigenvalue weighted by Gasteiger charge is 2.55. The zero-order valence-corrected chi connectivity index (χ0v) is 13.3. The first-order valence-electron chi connectivity index (χ1n) is 6.68. The predicted octanol–water partition coefficient (Wildman–Crippen LogP) is 4.47. The highest BCUT2D eigenvalue weighted by Crippen LogP contribution is 2.55. The van der Waals surface area contributed by atoms with Crippen LogP contribution in [0.3, 0.4) is 0 Å². The van der Waals surface area contributed by atoms with Gasteiger partial charge in [0.05, 0.1) is 10.2 Å². The van der Waals surface area contributed by atoms with Gasteiger partial charge in [0, 0.05) is 23.4 Å². The zero-order chi connectivity index (χ0) is 14.6. The molecule has 0 radical (unpaired) electrons. The Bertz CT molecular complexity index is 746. The van der Waals surface area contributed by atoms with Crippen LogP contribution in [0, 0.1) is 0 Å². The number of ether oxygens (including phenoxy) is 1. The van der Waals surface area contributed by atoms with Gasteiger partial charge in [0.1, 0.15) is 0 Å². The first-order chi connectivity index (χ1) is 10.1. The Kier molecular flexibility index (Phi) is 2.81. The lowest BCUT2D eigenvalue weighted by molar-refractivity contribution is -0.117. The van der Waals surface area contributed by atoms with Gasteiger partial charge in [-0.1, -0.05) is 29.8 Å². The molecular formula is C16H11BrClNO2. The van der Waals surface area contributed by atoms with E-state index in [1.54, 1.807) is 4.90 Å². The van der Waals surface area contributed by atoms with Crippen LogP contribution in [0.15, 0.2) is 46.9 Å². The van der Waals surface area contributed by atoms with Crippen molar-refractivity contribution in [2.24, 2.45) is 0 Å². The van der Waals surface area contributed by atoms with Gasteiger partial charge in [0.2, 0.25) is 11.6 Å². The summed E-state index contributed by atoms with van der Waals surface area (Å²) in [6, 6.07) is 13.3. The summed E-state index contributed by atoms with van der Waals surface area (Å²) in [6.07, 6.45) is 1.11. The van der Waals surface area contributed by atoms with Gasteiger partial charge in [-0.25, -0.2) is 0 Å². The number of nitrogens with zero attached hydrogens (tertiary/aromatic N) is 1. The number of halogens is 2. The number of para-hydroxylation sites is 1. The van der Waals surface area contributed by atoms with E-state index >= 15 is 0 Å². The van der Waals surface area contributed by atoms with E-state index in [0.29, 0.717) is 17.9 Å². The normalized spacial score (nSPS) is 23.0. The summed E-state index contributed by atoms with van der Waals surface area (Å²) in [7, 11) is 0. The molecule has 2 aromatic carbocycles. The standard InChI is InChI=1S/C16H11BrClNO2/c17-12-2-1-3-13-15(12)21-16(9-8-14(20)19(13)16)10-4-6-11(18)7-5-10/h1-7H,8-9H2. The van der Waals surface area contributed by atoms with Gasteiger partial charge in [-0.3, -0.25) is 9.69 Å². The molecule has 0 aliphatic carbocycles. The van der Waals surface area contributed by atoms with E-state index in [-0.39, 0.29) is 5.91 Å². The Morgan fingerprint density at radius 3 is 2.71 bits per heavy atom. The predicted molar refractivity (Wildman–Crippen MR) is 84.6 cm³/mol. The van der Waals surface area contributed by atoms with Gasteiger partial charge < -0.3 is 4.74 Å². The Labute approximate surface area is 135 Å². The second-order valence-corrected chi connectivity index (χ2v) is 6.50. The molecule has 0 aromatic heterocycles. The molecule has 2 aliphatic rings. The van der Waals surface area contributed by atoms with E-state index in [2.05, 4.69) is 15.9 Å². The molecular weight excluding hydrogens is 354 g/mol. The molecule has 3 nitrogen and oxygen atoms in total. The van der Waals surface area contributed by atoms with E-state index in [9.17, 15) is 4.79 Å². The number of hydrogen-bond acceptors (Lipinski definition) is 2. The van der Waals surface area contributed by atoms with E-state index in [1.165, 1.54) is 0 Å². The molecule has 1 atom stereocenters. The lowest BCUT2D eigenvalue weighted by Gasteiger charge is -2.31. The third-order valence-electron chi connectivity index (χ3n) is 4.04. The number of carbonyl (C=O) groups is 1. The fraction of sp³-hybridized carbons (Fsp3) is 0.188. The maximum absolute atomic E-state index is 12.4. The zero-order valence-electron chi connectivity index (χ0n) is 11.0. The molecule has 2 aliphatic heterocycles. The van der Waals surface area contributed by atoms with Crippen LogP contribution in [-0.2, 0) is 10.5 Å². The summed E-state index contributed by atoms with van der Waals surface area (Å²) in [6.45, 7) is 0. The minimum atomic E-state index is -0.742. The summed E-state index contributed by atoms with van der Waals surface area (Å²) >= 11 is 9.47. The van der Waals surface area contributed by atoms with Crippen LogP contribution in [0.4, 0.5) is 5.69 Å². The van der Waals surface area contributed by atoms with E-state index < -0.39 is 5.72 Å². The number of rotatable bonds is 1. The topological polar surface area (TPSA) is 29.5 Å². The molecule has 4 rings (SSSR count). The Hall–Kier alpha value is -1.52. The SMILES string of the molecule is O=C1CCC2(c3ccc(Cl)cc3)Oc3c(Br)cccc3N12. The average molecular weight is 365 g/mol. The smallest absolute Gasteiger partial charge is 0.230 e. The number of hydrogen-bond donors (Lipinski definition) is 0. The Balaban J connectivity index is 1.91. The summed E-state index contributed by atoms with van der Waals surface area (Å²) in [5, 5.41) is 0.669. The number of anilines is 1. The van der Waals surface area contributed by atoms with Crippen LogP contribution in [0.25, 0.3) is 0 Å². The minimum absolute atomic E-state index is 0.0850. The fourth-order valence-corrected chi connectivity index (χ4v) is 3.68. The molecule has 0 saturated carbocycles. The quantitative estimate of drug-likeness (QED) is 0.747. The van der Waals surface area contributed by atoms with E-state index in [4.69, 9.17) is 16.3 Å². The molecule has 1 fully saturated rings. The van der Waals surface area contributed by atoms with Gasteiger partial charge >= 0.3 is 0 Å². The van der Waals surface area contributed by atoms with Crippen molar-refractivity contribution in [2.45, 2.75) is 18.6 Å². The molecule has 2 heterocycles. The second kappa shape index (κ2) is 4.49. The fourth-order valence-electron chi connectivity index (χ4n) is 3.11. The Morgan fingerprint density at radius 2 is 1.95 bits per heavy atom. The maximum atomic E-state index is 12.4. The van der Waals surface area contributed by atoms with Gasteiger partial charge in [-0.05, 0) is 40.2 Å². The molecule has 21 heavy (non-hydrogen) atoms.